The Morgan fingerprint density at radius 3 is 2.43 bits per heavy atom. The molecular formula is C19H22N2O6S. The van der Waals surface area contributed by atoms with Gasteiger partial charge in [-0.05, 0) is 36.6 Å². The number of rotatable bonds is 6. The SMILES string of the molecule is Cc1c([N+](=O)[O-])cccc1S(=O)(=O)N[C@@H](c1ccc2c(c1)OCCO2)C(C)C. The lowest BCUT2D eigenvalue weighted by Gasteiger charge is -2.25. The molecule has 9 heteroatoms. The minimum atomic E-state index is -3.99. The molecule has 1 N–H and O–H groups in total. The summed E-state index contributed by atoms with van der Waals surface area (Å²) in [6, 6.07) is 8.80. The Morgan fingerprint density at radius 1 is 1.11 bits per heavy atom. The van der Waals surface area contributed by atoms with Gasteiger partial charge in [-0.2, -0.15) is 0 Å². The fourth-order valence-corrected chi connectivity index (χ4v) is 4.80. The number of nitro groups is 1. The topological polar surface area (TPSA) is 108 Å². The van der Waals surface area contributed by atoms with E-state index < -0.39 is 21.0 Å². The maximum Gasteiger partial charge on any atom is 0.273 e. The number of hydrogen-bond acceptors (Lipinski definition) is 6. The summed E-state index contributed by atoms with van der Waals surface area (Å²) < 4.78 is 39.8. The summed E-state index contributed by atoms with van der Waals surface area (Å²) >= 11 is 0. The van der Waals surface area contributed by atoms with E-state index in [0.29, 0.717) is 24.7 Å². The first-order valence-corrected chi connectivity index (χ1v) is 10.3. The normalized spacial score (nSPS) is 14.7. The Morgan fingerprint density at radius 2 is 1.79 bits per heavy atom. The van der Waals surface area contributed by atoms with Gasteiger partial charge in [0.1, 0.15) is 13.2 Å². The molecular weight excluding hydrogens is 384 g/mol. The monoisotopic (exact) mass is 406 g/mol. The van der Waals surface area contributed by atoms with E-state index >= 15 is 0 Å². The number of nitrogens with zero attached hydrogens (tertiary/aromatic N) is 1. The molecule has 0 bridgehead atoms. The van der Waals surface area contributed by atoms with Crippen LogP contribution in [0.4, 0.5) is 5.69 Å². The van der Waals surface area contributed by atoms with Gasteiger partial charge in [-0.3, -0.25) is 10.1 Å². The third-order valence-electron chi connectivity index (χ3n) is 4.62. The number of nitro benzene ring substituents is 1. The van der Waals surface area contributed by atoms with E-state index in [0.717, 1.165) is 5.56 Å². The highest BCUT2D eigenvalue weighted by Crippen LogP contribution is 2.35. The van der Waals surface area contributed by atoms with Gasteiger partial charge in [0.2, 0.25) is 10.0 Å². The van der Waals surface area contributed by atoms with Crippen molar-refractivity contribution in [2.45, 2.75) is 31.7 Å². The first kappa shape index (κ1) is 20.1. The van der Waals surface area contributed by atoms with Crippen molar-refractivity contribution in [3.8, 4) is 11.5 Å². The molecule has 1 heterocycles. The third-order valence-corrected chi connectivity index (χ3v) is 6.20. The van der Waals surface area contributed by atoms with Crippen LogP contribution in [0.25, 0.3) is 0 Å². The van der Waals surface area contributed by atoms with Gasteiger partial charge < -0.3 is 9.47 Å². The Kier molecular flexibility index (Phi) is 5.57. The van der Waals surface area contributed by atoms with E-state index in [1.54, 1.807) is 18.2 Å². The molecule has 3 rings (SSSR count). The highest BCUT2D eigenvalue weighted by molar-refractivity contribution is 7.89. The Balaban J connectivity index is 1.97. The van der Waals surface area contributed by atoms with Crippen LogP contribution in [0.15, 0.2) is 41.3 Å². The van der Waals surface area contributed by atoms with E-state index in [2.05, 4.69) is 4.72 Å². The molecule has 0 aromatic heterocycles. The number of hydrogen-bond donors (Lipinski definition) is 1. The molecule has 1 atom stereocenters. The molecule has 0 radical (unpaired) electrons. The van der Waals surface area contributed by atoms with Gasteiger partial charge in [0, 0.05) is 17.7 Å². The largest absolute Gasteiger partial charge is 0.486 e. The summed E-state index contributed by atoms with van der Waals surface area (Å²) in [7, 11) is -3.99. The highest BCUT2D eigenvalue weighted by atomic mass is 32.2. The van der Waals surface area contributed by atoms with Crippen molar-refractivity contribution in [2.75, 3.05) is 13.2 Å². The van der Waals surface area contributed by atoms with Crippen molar-refractivity contribution < 1.29 is 22.8 Å². The Labute approximate surface area is 163 Å². The van der Waals surface area contributed by atoms with Crippen molar-refractivity contribution in [1.29, 1.82) is 0 Å². The van der Waals surface area contributed by atoms with Gasteiger partial charge in [0.15, 0.2) is 11.5 Å². The van der Waals surface area contributed by atoms with Crippen LogP contribution in [0, 0.1) is 23.0 Å². The zero-order valence-corrected chi connectivity index (χ0v) is 16.7. The predicted molar refractivity (Wildman–Crippen MR) is 103 cm³/mol. The van der Waals surface area contributed by atoms with Crippen LogP contribution in [0.1, 0.15) is 31.0 Å². The molecule has 2 aromatic carbocycles. The molecule has 0 aliphatic carbocycles. The molecule has 28 heavy (non-hydrogen) atoms. The lowest BCUT2D eigenvalue weighted by molar-refractivity contribution is -0.385. The van der Waals surface area contributed by atoms with Crippen LogP contribution < -0.4 is 14.2 Å². The molecule has 2 aromatic rings. The van der Waals surface area contributed by atoms with Crippen LogP contribution in [-0.4, -0.2) is 26.6 Å². The summed E-state index contributed by atoms with van der Waals surface area (Å²) in [5, 5.41) is 11.2. The van der Waals surface area contributed by atoms with Gasteiger partial charge in [-0.25, -0.2) is 13.1 Å². The van der Waals surface area contributed by atoms with E-state index in [1.165, 1.54) is 25.1 Å². The number of fused-ring (bicyclic) bond motifs is 1. The van der Waals surface area contributed by atoms with Gasteiger partial charge >= 0.3 is 0 Å². The van der Waals surface area contributed by atoms with Gasteiger partial charge in [-0.15, -0.1) is 0 Å². The van der Waals surface area contributed by atoms with E-state index in [1.807, 2.05) is 13.8 Å². The van der Waals surface area contributed by atoms with Gasteiger partial charge in [0.05, 0.1) is 9.82 Å². The van der Waals surface area contributed by atoms with Crippen molar-refractivity contribution in [3.05, 3.63) is 57.6 Å². The quantitative estimate of drug-likeness (QED) is 0.582. The molecule has 150 valence electrons. The zero-order valence-electron chi connectivity index (χ0n) is 15.8. The van der Waals surface area contributed by atoms with Crippen molar-refractivity contribution in [1.82, 2.24) is 4.72 Å². The number of ether oxygens (including phenoxy) is 2. The summed E-state index contributed by atoms with van der Waals surface area (Å²) in [6.45, 7) is 6.12. The molecule has 0 spiro atoms. The zero-order chi connectivity index (χ0) is 20.5. The van der Waals surface area contributed by atoms with Crippen molar-refractivity contribution in [3.63, 3.8) is 0 Å². The highest BCUT2D eigenvalue weighted by Gasteiger charge is 2.28. The van der Waals surface area contributed by atoms with E-state index in [4.69, 9.17) is 9.47 Å². The second-order valence-corrected chi connectivity index (χ2v) is 8.59. The van der Waals surface area contributed by atoms with Crippen molar-refractivity contribution in [2.24, 2.45) is 5.92 Å². The lowest BCUT2D eigenvalue weighted by atomic mass is 9.97. The lowest BCUT2D eigenvalue weighted by Crippen LogP contribution is -2.32. The maximum atomic E-state index is 13.0. The molecule has 0 unspecified atom stereocenters. The van der Waals surface area contributed by atoms with Crippen LogP contribution in [0.2, 0.25) is 0 Å². The molecule has 0 saturated carbocycles. The average Bonchev–Trinajstić information content (AvgIpc) is 2.65. The van der Waals surface area contributed by atoms with Gasteiger partial charge in [-0.1, -0.05) is 26.0 Å². The van der Waals surface area contributed by atoms with Crippen LogP contribution >= 0.6 is 0 Å². The first-order chi connectivity index (χ1) is 13.2. The first-order valence-electron chi connectivity index (χ1n) is 8.86. The average molecular weight is 406 g/mol. The molecule has 0 saturated heterocycles. The molecule has 0 amide bonds. The standard InChI is InChI=1S/C19H22N2O6S/c1-12(2)19(14-7-8-16-17(11-14)27-10-9-26-16)20-28(24,25)18-6-4-5-15(13(18)3)21(22)23/h4-8,11-12,19-20H,9-10H2,1-3H3/t19-/m1/s1. The number of nitrogens with one attached hydrogen (secondary N) is 1. The fraction of sp³-hybridized carbons (Fsp3) is 0.368. The van der Waals surface area contributed by atoms with E-state index in [9.17, 15) is 18.5 Å². The van der Waals surface area contributed by atoms with Crippen LogP contribution in [0.5, 0.6) is 11.5 Å². The minimum Gasteiger partial charge on any atom is -0.486 e. The van der Waals surface area contributed by atoms with Crippen LogP contribution in [-0.2, 0) is 10.0 Å². The van der Waals surface area contributed by atoms with Crippen molar-refractivity contribution >= 4 is 15.7 Å². The summed E-state index contributed by atoms with van der Waals surface area (Å²) in [5.74, 6) is 1.12. The predicted octanol–water partition coefficient (Wildman–Crippen LogP) is 3.35. The second-order valence-electron chi connectivity index (χ2n) is 6.90. The summed E-state index contributed by atoms with van der Waals surface area (Å²) in [4.78, 5) is 10.5. The van der Waals surface area contributed by atoms with Gasteiger partial charge in [0.25, 0.3) is 5.69 Å². The van der Waals surface area contributed by atoms with E-state index in [-0.39, 0.29) is 22.1 Å². The smallest absolute Gasteiger partial charge is 0.273 e. The Hall–Kier alpha value is -2.65. The molecule has 0 fully saturated rings. The second kappa shape index (κ2) is 7.76. The summed E-state index contributed by atoms with van der Waals surface area (Å²) in [5.41, 5.74) is 0.596. The third kappa shape index (κ3) is 3.95. The Bertz CT molecular complexity index is 1000. The fourth-order valence-electron chi connectivity index (χ4n) is 3.16. The maximum absolute atomic E-state index is 13.0. The molecule has 8 nitrogen and oxygen atoms in total. The minimum absolute atomic E-state index is 0.0728. The molecule has 1 aliphatic heterocycles. The number of sulfonamides is 1. The number of benzene rings is 2. The van der Waals surface area contributed by atoms with Crippen LogP contribution in [0.3, 0.4) is 0 Å². The molecule has 1 aliphatic rings. The summed E-state index contributed by atoms with van der Waals surface area (Å²) in [6.07, 6.45) is 0.